The summed E-state index contributed by atoms with van der Waals surface area (Å²) in [6.45, 7) is 2.13. The van der Waals surface area contributed by atoms with Gasteiger partial charge in [-0.05, 0) is 30.2 Å². The Labute approximate surface area is 121 Å². The summed E-state index contributed by atoms with van der Waals surface area (Å²) in [5, 5.41) is 9.38. The van der Waals surface area contributed by atoms with Crippen molar-refractivity contribution in [3.05, 3.63) is 66.2 Å². The van der Waals surface area contributed by atoms with E-state index in [1.165, 1.54) is 11.1 Å². The van der Waals surface area contributed by atoms with Gasteiger partial charge >= 0.3 is 0 Å². The molecule has 0 bridgehead atoms. The van der Waals surface area contributed by atoms with Gasteiger partial charge in [0.05, 0.1) is 0 Å². The largest absolute Gasteiger partial charge is 0.289 e. The van der Waals surface area contributed by atoms with Crippen molar-refractivity contribution in [3.63, 3.8) is 0 Å². The van der Waals surface area contributed by atoms with Crippen LogP contribution < -0.4 is 0 Å². The summed E-state index contributed by atoms with van der Waals surface area (Å²) in [4.78, 5) is 4.00. The first-order chi connectivity index (χ1) is 9.83. The van der Waals surface area contributed by atoms with Gasteiger partial charge in [-0.2, -0.15) is 0 Å². The molecule has 0 unspecified atom stereocenters. The third kappa shape index (κ3) is 2.88. The van der Waals surface area contributed by atoms with Gasteiger partial charge in [0.15, 0.2) is 5.82 Å². The molecular weight excluding hydrogens is 268 g/mol. The van der Waals surface area contributed by atoms with Crippen molar-refractivity contribution in [3.8, 4) is 5.82 Å². The van der Waals surface area contributed by atoms with Crippen LogP contribution in [0.2, 0.25) is 0 Å². The van der Waals surface area contributed by atoms with Crippen LogP contribution in [0.1, 0.15) is 11.1 Å². The van der Waals surface area contributed by atoms with Crippen molar-refractivity contribution in [1.82, 2.24) is 19.7 Å². The van der Waals surface area contributed by atoms with Gasteiger partial charge < -0.3 is 0 Å². The SMILES string of the molecule is Cc1ccccc1CSc1ccc(-n2ccnc2)nn1. The van der Waals surface area contributed by atoms with E-state index in [4.69, 9.17) is 0 Å². The van der Waals surface area contributed by atoms with E-state index in [-0.39, 0.29) is 0 Å². The minimum absolute atomic E-state index is 0.780. The number of benzene rings is 1. The van der Waals surface area contributed by atoms with Gasteiger partial charge in [-0.3, -0.25) is 4.57 Å². The zero-order valence-corrected chi connectivity index (χ0v) is 11.9. The molecule has 0 atom stereocenters. The molecule has 0 N–H and O–H groups in total. The van der Waals surface area contributed by atoms with Crippen LogP contribution in [0.25, 0.3) is 5.82 Å². The van der Waals surface area contributed by atoms with Gasteiger partial charge in [-0.15, -0.1) is 10.2 Å². The van der Waals surface area contributed by atoms with Gasteiger partial charge in [0, 0.05) is 18.1 Å². The van der Waals surface area contributed by atoms with Crippen LogP contribution in [0.15, 0.2) is 60.1 Å². The molecule has 3 rings (SSSR count). The van der Waals surface area contributed by atoms with Gasteiger partial charge in [-0.25, -0.2) is 4.98 Å². The molecule has 0 aliphatic heterocycles. The summed E-state index contributed by atoms with van der Waals surface area (Å²) in [7, 11) is 0. The van der Waals surface area contributed by atoms with E-state index in [1.807, 2.05) is 22.9 Å². The summed E-state index contributed by atoms with van der Waals surface area (Å²) in [6.07, 6.45) is 5.29. The lowest BCUT2D eigenvalue weighted by Gasteiger charge is -2.05. The fourth-order valence-electron chi connectivity index (χ4n) is 1.85. The number of thioether (sulfide) groups is 1. The Balaban J connectivity index is 1.68. The van der Waals surface area contributed by atoms with E-state index in [2.05, 4.69) is 46.4 Å². The molecule has 3 aromatic rings. The van der Waals surface area contributed by atoms with Crippen LogP contribution in [-0.4, -0.2) is 19.7 Å². The van der Waals surface area contributed by atoms with Crippen molar-refractivity contribution in [2.45, 2.75) is 17.7 Å². The molecule has 0 radical (unpaired) electrons. The molecule has 2 aromatic heterocycles. The number of aromatic nitrogens is 4. The molecule has 0 fully saturated rings. The Morgan fingerprint density at radius 3 is 2.70 bits per heavy atom. The normalized spacial score (nSPS) is 10.7. The summed E-state index contributed by atoms with van der Waals surface area (Å²) >= 11 is 1.70. The number of nitrogens with zero attached hydrogens (tertiary/aromatic N) is 4. The van der Waals surface area contributed by atoms with Gasteiger partial charge in [0.25, 0.3) is 0 Å². The second kappa shape index (κ2) is 5.88. The smallest absolute Gasteiger partial charge is 0.160 e. The third-order valence-electron chi connectivity index (χ3n) is 3.03. The molecule has 100 valence electrons. The highest BCUT2D eigenvalue weighted by molar-refractivity contribution is 7.98. The maximum absolute atomic E-state index is 4.24. The summed E-state index contributed by atoms with van der Waals surface area (Å²) in [5.41, 5.74) is 2.64. The van der Waals surface area contributed by atoms with Crippen molar-refractivity contribution in [1.29, 1.82) is 0 Å². The molecule has 2 heterocycles. The van der Waals surface area contributed by atoms with E-state index in [0.29, 0.717) is 0 Å². The minimum atomic E-state index is 0.780. The number of aryl methyl sites for hydroxylation is 1. The molecule has 1 aromatic carbocycles. The second-order valence-electron chi connectivity index (χ2n) is 4.41. The molecular formula is C15H14N4S. The first-order valence-electron chi connectivity index (χ1n) is 6.32. The number of imidazole rings is 1. The molecule has 0 spiro atoms. The topological polar surface area (TPSA) is 43.6 Å². The highest BCUT2D eigenvalue weighted by atomic mass is 32.2. The average molecular weight is 282 g/mol. The van der Waals surface area contributed by atoms with E-state index in [1.54, 1.807) is 24.3 Å². The molecule has 0 saturated carbocycles. The van der Waals surface area contributed by atoms with E-state index >= 15 is 0 Å². The molecule has 4 nitrogen and oxygen atoms in total. The molecule has 5 heteroatoms. The second-order valence-corrected chi connectivity index (χ2v) is 5.41. The number of hydrogen-bond acceptors (Lipinski definition) is 4. The summed E-state index contributed by atoms with van der Waals surface area (Å²) in [6, 6.07) is 12.3. The Bertz CT molecular complexity index is 677. The lowest BCUT2D eigenvalue weighted by Crippen LogP contribution is -1.97. The highest BCUT2D eigenvalue weighted by Crippen LogP contribution is 2.22. The molecule has 0 aliphatic carbocycles. The zero-order chi connectivity index (χ0) is 13.8. The van der Waals surface area contributed by atoms with Crippen molar-refractivity contribution in [2.75, 3.05) is 0 Å². The Kier molecular flexibility index (Phi) is 3.78. The van der Waals surface area contributed by atoms with Crippen LogP contribution in [0.3, 0.4) is 0 Å². The van der Waals surface area contributed by atoms with Crippen LogP contribution in [-0.2, 0) is 5.75 Å². The van der Waals surface area contributed by atoms with Gasteiger partial charge in [0.1, 0.15) is 11.4 Å². The first-order valence-corrected chi connectivity index (χ1v) is 7.31. The quantitative estimate of drug-likeness (QED) is 0.689. The fourth-order valence-corrected chi connectivity index (χ4v) is 2.74. The highest BCUT2D eigenvalue weighted by Gasteiger charge is 2.02. The number of rotatable bonds is 4. The van der Waals surface area contributed by atoms with E-state index < -0.39 is 0 Å². The first kappa shape index (κ1) is 12.9. The molecule has 0 saturated heterocycles. The average Bonchev–Trinajstić information content (AvgIpc) is 3.01. The zero-order valence-electron chi connectivity index (χ0n) is 11.1. The van der Waals surface area contributed by atoms with Crippen LogP contribution >= 0.6 is 11.8 Å². The van der Waals surface area contributed by atoms with Crippen LogP contribution in [0, 0.1) is 6.92 Å². The summed E-state index contributed by atoms with van der Waals surface area (Å²) < 4.78 is 1.84. The predicted molar refractivity (Wildman–Crippen MR) is 79.9 cm³/mol. The predicted octanol–water partition coefficient (Wildman–Crippen LogP) is 3.26. The maximum atomic E-state index is 4.24. The van der Waals surface area contributed by atoms with Gasteiger partial charge in [0.2, 0.25) is 0 Å². The molecule has 0 aliphatic rings. The Morgan fingerprint density at radius 2 is 2.00 bits per heavy atom. The molecule has 20 heavy (non-hydrogen) atoms. The third-order valence-corrected chi connectivity index (χ3v) is 4.00. The van der Waals surface area contributed by atoms with E-state index in [0.717, 1.165) is 16.6 Å². The molecule has 0 amide bonds. The Morgan fingerprint density at radius 1 is 1.10 bits per heavy atom. The minimum Gasteiger partial charge on any atom is -0.289 e. The van der Waals surface area contributed by atoms with Crippen LogP contribution in [0.5, 0.6) is 0 Å². The van der Waals surface area contributed by atoms with Crippen molar-refractivity contribution in [2.24, 2.45) is 0 Å². The van der Waals surface area contributed by atoms with E-state index in [9.17, 15) is 0 Å². The van der Waals surface area contributed by atoms with Crippen molar-refractivity contribution >= 4 is 11.8 Å². The summed E-state index contributed by atoms with van der Waals surface area (Å²) in [5.74, 6) is 1.69. The van der Waals surface area contributed by atoms with Crippen LogP contribution in [0.4, 0.5) is 0 Å². The fraction of sp³-hybridized carbons (Fsp3) is 0.133. The monoisotopic (exact) mass is 282 g/mol. The standard InChI is InChI=1S/C15H14N4S/c1-12-4-2-3-5-13(12)10-20-15-7-6-14(17-18-15)19-9-8-16-11-19/h2-9,11H,10H2,1H3. The lowest BCUT2D eigenvalue weighted by atomic mass is 10.1. The van der Waals surface area contributed by atoms with Crippen molar-refractivity contribution < 1.29 is 0 Å². The van der Waals surface area contributed by atoms with Gasteiger partial charge in [-0.1, -0.05) is 36.0 Å². The Hall–Kier alpha value is -2.14. The number of hydrogen-bond donors (Lipinski definition) is 0. The lowest BCUT2D eigenvalue weighted by molar-refractivity contribution is 0.860. The maximum Gasteiger partial charge on any atom is 0.160 e.